The van der Waals surface area contributed by atoms with Crippen molar-refractivity contribution in [1.29, 1.82) is 0 Å². The molecule has 0 aromatic carbocycles. The van der Waals surface area contributed by atoms with Gasteiger partial charge in [-0.25, -0.2) is 18.1 Å². The Balaban J connectivity index is 2.27. The molecule has 0 unspecified atom stereocenters. The molecule has 0 spiro atoms. The van der Waals surface area contributed by atoms with Gasteiger partial charge in [0.25, 0.3) is 16.0 Å². The Morgan fingerprint density at radius 3 is 2.50 bits per heavy atom. The Bertz CT molecular complexity index is 714. The molecular formula is C11H14N6O2S. The highest BCUT2D eigenvalue weighted by Gasteiger charge is 2.16. The second-order valence-corrected chi connectivity index (χ2v) is 5.78. The maximum atomic E-state index is 12.1. The third-order valence-corrected chi connectivity index (χ3v) is 3.95. The fraction of sp³-hybridized carbons (Fsp3) is 0.273. The number of nitrogens with zero attached hydrogens (tertiary/aromatic N) is 4. The molecule has 0 saturated carbocycles. The molecule has 2 heterocycles. The Morgan fingerprint density at radius 1 is 1.20 bits per heavy atom. The van der Waals surface area contributed by atoms with Crippen LogP contribution in [-0.2, 0) is 16.6 Å². The highest BCUT2D eigenvalue weighted by atomic mass is 32.2. The number of nitrogens with one attached hydrogen (secondary N) is 1. The number of aromatic nitrogens is 4. The van der Waals surface area contributed by atoms with Gasteiger partial charge >= 0.3 is 0 Å². The van der Waals surface area contributed by atoms with Gasteiger partial charge in [-0.05, 0) is 26.0 Å². The predicted molar refractivity (Wildman–Crippen MR) is 72.2 cm³/mol. The molecule has 0 bridgehead atoms. The van der Waals surface area contributed by atoms with Crippen LogP contribution in [-0.4, -0.2) is 28.6 Å². The van der Waals surface area contributed by atoms with Crippen molar-refractivity contribution < 1.29 is 8.42 Å². The summed E-state index contributed by atoms with van der Waals surface area (Å²) in [4.78, 5) is 7.96. The van der Waals surface area contributed by atoms with Crippen molar-refractivity contribution in [1.82, 2.24) is 20.2 Å². The lowest BCUT2D eigenvalue weighted by atomic mass is 10.4. The van der Waals surface area contributed by atoms with E-state index in [1.54, 1.807) is 19.9 Å². The molecule has 9 heteroatoms. The summed E-state index contributed by atoms with van der Waals surface area (Å²) in [6.45, 7) is 3.71. The molecule has 8 nitrogen and oxygen atoms in total. The second-order valence-electron chi connectivity index (χ2n) is 4.10. The van der Waals surface area contributed by atoms with E-state index in [1.165, 1.54) is 12.3 Å². The van der Waals surface area contributed by atoms with Gasteiger partial charge in [-0.1, -0.05) is 0 Å². The number of rotatable bonds is 4. The minimum atomic E-state index is -3.79. The number of hydrogen-bond acceptors (Lipinski definition) is 7. The van der Waals surface area contributed by atoms with E-state index in [1.807, 2.05) is 0 Å². The highest BCUT2D eigenvalue weighted by molar-refractivity contribution is 7.92. The van der Waals surface area contributed by atoms with Gasteiger partial charge in [-0.2, -0.15) is 5.10 Å². The van der Waals surface area contributed by atoms with Gasteiger partial charge in [0, 0.05) is 12.7 Å². The maximum Gasteiger partial charge on any atom is 0.265 e. The van der Waals surface area contributed by atoms with Gasteiger partial charge < -0.3 is 5.73 Å². The first-order chi connectivity index (χ1) is 9.42. The zero-order valence-corrected chi connectivity index (χ0v) is 11.8. The summed E-state index contributed by atoms with van der Waals surface area (Å²) < 4.78 is 26.5. The van der Waals surface area contributed by atoms with Crippen molar-refractivity contribution in [3.63, 3.8) is 0 Å². The predicted octanol–water partition coefficient (Wildman–Crippen LogP) is 0.143. The average molecular weight is 294 g/mol. The van der Waals surface area contributed by atoms with Crippen LogP contribution < -0.4 is 10.5 Å². The van der Waals surface area contributed by atoms with Crippen LogP contribution in [0.25, 0.3) is 0 Å². The van der Waals surface area contributed by atoms with Gasteiger partial charge in [0.1, 0.15) is 4.90 Å². The fourth-order valence-electron chi connectivity index (χ4n) is 1.37. The molecule has 2 aromatic heterocycles. The summed E-state index contributed by atoms with van der Waals surface area (Å²) in [5.41, 5.74) is 7.26. The van der Waals surface area contributed by atoms with E-state index in [0.29, 0.717) is 17.1 Å². The Kier molecular flexibility index (Phi) is 3.91. The lowest BCUT2D eigenvalue weighted by Gasteiger charge is -2.07. The van der Waals surface area contributed by atoms with E-state index in [0.717, 1.165) is 0 Å². The molecule has 20 heavy (non-hydrogen) atoms. The SMILES string of the molecule is Cc1nnc(NS(=O)(=O)c2ccc(CN)nc2)nc1C. The van der Waals surface area contributed by atoms with E-state index in [4.69, 9.17) is 5.73 Å². The first-order valence-corrected chi connectivity index (χ1v) is 7.26. The minimum absolute atomic E-state index is 0.0107. The Labute approximate surface area is 116 Å². The summed E-state index contributed by atoms with van der Waals surface area (Å²) in [7, 11) is -3.79. The summed E-state index contributed by atoms with van der Waals surface area (Å²) >= 11 is 0. The van der Waals surface area contributed by atoms with E-state index >= 15 is 0 Å². The quantitative estimate of drug-likeness (QED) is 0.822. The summed E-state index contributed by atoms with van der Waals surface area (Å²) in [6, 6.07) is 2.97. The smallest absolute Gasteiger partial charge is 0.265 e. The van der Waals surface area contributed by atoms with Crippen LogP contribution in [0.4, 0.5) is 5.95 Å². The lowest BCUT2D eigenvalue weighted by molar-refractivity contribution is 0.600. The van der Waals surface area contributed by atoms with Gasteiger partial charge in [0.2, 0.25) is 0 Å². The van der Waals surface area contributed by atoms with Crippen molar-refractivity contribution in [2.45, 2.75) is 25.3 Å². The van der Waals surface area contributed by atoms with E-state index in [2.05, 4.69) is 24.9 Å². The first kappa shape index (κ1) is 14.3. The molecule has 0 amide bonds. The summed E-state index contributed by atoms with van der Waals surface area (Å²) in [5, 5.41) is 7.50. The Hall–Kier alpha value is -2.13. The standard InChI is InChI=1S/C11H14N6O2S/c1-7-8(2)15-16-11(14-7)17-20(18,19)10-4-3-9(5-12)13-6-10/h3-4,6H,5,12H2,1-2H3,(H,14,16,17). The van der Waals surface area contributed by atoms with Crippen molar-refractivity contribution in [2.24, 2.45) is 5.73 Å². The van der Waals surface area contributed by atoms with Gasteiger partial charge in [0.15, 0.2) is 0 Å². The molecule has 0 saturated heterocycles. The number of anilines is 1. The van der Waals surface area contributed by atoms with Crippen LogP contribution in [0, 0.1) is 13.8 Å². The molecule has 0 aliphatic rings. The number of pyridine rings is 1. The van der Waals surface area contributed by atoms with Crippen LogP contribution in [0.5, 0.6) is 0 Å². The third kappa shape index (κ3) is 3.06. The van der Waals surface area contributed by atoms with Crippen molar-refractivity contribution in [2.75, 3.05) is 4.72 Å². The molecule has 0 atom stereocenters. The van der Waals surface area contributed by atoms with E-state index in [-0.39, 0.29) is 17.4 Å². The van der Waals surface area contributed by atoms with Gasteiger partial charge in [-0.3, -0.25) is 4.98 Å². The maximum absolute atomic E-state index is 12.1. The minimum Gasteiger partial charge on any atom is -0.325 e. The topological polar surface area (TPSA) is 124 Å². The number of sulfonamides is 1. The average Bonchev–Trinajstić information content (AvgIpc) is 2.43. The molecule has 0 aliphatic carbocycles. The fourth-order valence-corrected chi connectivity index (χ4v) is 2.25. The van der Waals surface area contributed by atoms with Crippen molar-refractivity contribution in [3.05, 3.63) is 35.4 Å². The number of hydrogen-bond donors (Lipinski definition) is 2. The monoisotopic (exact) mass is 294 g/mol. The molecule has 2 rings (SSSR count). The van der Waals surface area contributed by atoms with E-state index < -0.39 is 10.0 Å². The normalized spacial score (nSPS) is 11.3. The Morgan fingerprint density at radius 2 is 1.95 bits per heavy atom. The molecule has 0 radical (unpaired) electrons. The van der Waals surface area contributed by atoms with Crippen LogP contribution in [0.1, 0.15) is 17.1 Å². The zero-order valence-electron chi connectivity index (χ0n) is 11.0. The first-order valence-electron chi connectivity index (χ1n) is 5.78. The molecular weight excluding hydrogens is 280 g/mol. The zero-order chi connectivity index (χ0) is 14.8. The molecule has 3 N–H and O–H groups in total. The van der Waals surface area contributed by atoms with Gasteiger partial charge in [0.05, 0.1) is 17.1 Å². The summed E-state index contributed by atoms with van der Waals surface area (Å²) in [6.07, 6.45) is 1.24. The van der Waals surface area contributed by atoms with Gasteiger partial charge in [-0.15, -0.1) is 5.10 Å². The second kappa shape index (κ2) is 5.47. The molecule has 0 fully saturated rings. The summed E-state index contributed by atoms with van der Waals surface area (Å²) in [5.74, 6) is -0.0731. The van der Waals surface area contributed by atoms with E-state index in [9.17, 15) is 8.42 Å². The van der Waals surface area contributed by atoms with Crippen LogP contribution in [0.15, 0.2) is 23.2 Å². The number of aryl methyl sites for hydroxylation is 2. The van der Waals surface area contributed by atoms with Crippen LogP contribution >= 0.6 is 0 Å². The molecule has 106 valence electrons. The molecule has 2 aromatic rings. The highest BCUT2D eigenvalue weighted by Crippen LogP contribution is 2.12. The van der Waals surface area contributed by atoms with Crippen molar-refractivity contribution in [3.8, 4) is 0 Å². The lowest BCUT2D eigenvalue weighted by Crippen LogP contribution is -2.17. The van der Waals surface area contributed by atoms with Crippen LogP contribution in [0.2, 0.25) is 0 Å². The largest absolute Gasteiger partial charge is 0.325 e. The number of nitrogens with two attached hydrogens (primary N) is 1. The third-order valence-electron chi connectivity index (χ3n) is 2.63. The molecule has 0 aliphatic heterocycles. The van der Waals surface area contributed by atoms with Crippen LogP contribution in [0.3, 0.4) is 0 Å². The van der Waals surface area contributed by atoms with Crippen molar-refractivity contribution >= 4 is 16.0 Å².